The van der Waals surface area contributed by atoms with Crippen molar-refractivity contribution < 1.29 is 4.74 Å². The van der Waals surface area contributed by atoms with Gasteiger partial charge in [-0.25, -0.2) is 9.97 Å². The van der Waals surface area contributed by atoms with Gasteiger partial charge in [0.25, 0.3) is 0 Å². The zero-order valence-electron chi connectivity index (χ0n) is 11.3. The summed E-state index contributed by atoms with van der Waals surface area (Å²) in [5, 5.41) is 1.49. The van der Waals surface area contributed by atoms with Crippen LogP contribution >= 0.6 is 22.9 Å². The number of hydrogen-bond acceptors (Lipinski definition) is 4. The van der Waals surface area contributed by atoms with E-state index >= 15 is 0 Å². The number of halogens is 1. The lowest BCUT2D eigenvalue weighted by atomic mass is 10.2. The van der Waals surface area contributed by atoms with Crippen LogP contribution in [0.3, 0.4) is 0 Å². The first-order chi connectivity index (χ1) is 8.28. The summed E-state index contributed by atoms with van der Waals surface area (Å²) in [5.74, 6) is 0.642. The van der Waals surface area contributed by atoms with Crippen LogP contribution in [-0.4, -0.2) is 15.6 Å². The smallest absolute Gasteiger partial charge is 0.157 e. The first kappa shape index (κ1) is 13.7. The van der Waals surface area contributed by atoms with E-state index in [-0.39, 0.29) is 5.60 Å². The predicted molar refractivity (Wildman–Crippen MR) is 76.4 cm³/mol. The Morgan fingerprint density at radius 3 is 2.50 bits per heavy atom. The van der Waals surface area contributed by atoms with E-state index in [2.05, 4.69) is 23.8 Å². The molecule has 98 valence electrons. The third-order valence-corrected chi connectivity index (χ3v) is 4.04. The van der Waals surface area contributed by atoms with Crippen LogP contribution in [0, 0.1) is 13.8 Å². The Bertz CT molecular complexity index is 587. The molecule has 2 heterocycles. The van der Waals surface area contributed by atoms with Gasteiger partial charge in [-0.3, -0.25) is 0 Å². The molecule has 0 N–H and O–H groups in total. The number of ether oxygens (including phenoxy) is 1. The molecule has 0 bridgehead atoms. The van der Waals surface area contributed by atoms with Crippen LogP contribution in [0.25, 0.3) is 10.2 Å². The van der Waals surface area contributed by atoms with Crippen molar-refractivity contribution >= 4 is 33.2 Å². The minimum atomic E-state index is -0.202. The van der Waals surface area contributed by atoms with Gasteiger partial charge in [0.2, 0.25) is 0 Å². The van der Waals surface area contributed by atoms with Crippen LogP contribution in [0.1, 0.15) is 37.0 Å². The fraction of sp³-hybridized carbons (Fsp3) is 0.538. The molecule has 0 saturated heterocycles. The number of fused-ring (bicyclic) bond motifs is 1. The Labute approximate surface area is 116 Å². The van der Waals surface area contributed by atoms with E-state index in [4.69, 9.17) is 16.3 Å². The van der Waals surface area contributed by atoms with Crippen molar-refractivity contribution in [1.82, 2.24) is 9.97 Å². The Morgan fingerprint density at radius 2 is 1.89 bits per heavy atom. The first-order valence-electron chi connectivity index (χ1n) is 5.84. The highest BCUT2D eigenvalue weighted by molar-refractivity contribution is 7.18. The van der Waals surface area contributed by atoms with Crippen molar-refractivity contribution in [1.29, 1.82) is 0 Å². The van der Waals surface area contributed by atoms with Crippen LogP contribution in [-0.2, 0) is 11.3 Å². The van der Waals surface area contributed by atoms with E-state index in [0.29, 0.717) is 17.6 Å². The van der Waals surface area contributed by atoms with Gasteiger partial charge in [-0.15, -0.1) is 11.3 Å². The van der Waals surface area contributed by atoms with Gasteiger partial charge in [0, 0.05) is 4.88 Å². The summed E-state index contributed by atoms with van der Waals surface area (Å²) in [6.45, 7) is 10.5. The summed E-state index contributed by atoms with van der Waals surface area (Å²) in [6, 6.07) is 0. The molecule has 5 heteroatoms. The average molecular weight is 285 g/mol. The minimum Gasteiger partial charge on any atom is -0.368 e. The molecule has 0 atom stereocenters. The van der Waals surface area contributed by atoms with Crippen molar-refractivity contribution in [2.45, 2.75) is 46.8 Å². The summed E-state index contributed by atoms with van der Waals surface area (Å²) >= 11 is 7.88. The molecule has 3 nitrogen and oxygen atoms in total. The van der Waals surface area contributed by atoms with Crippen molar-refractivity contribution in [3.8, 4) is 0 Å². The molecular formula is C13H17ClN2OS. The second-order valence-corrected chi connectivity index (χ2v) is 6.86. The lowest BCUT2D eigenvalue weighted by Gasteiger charge is -2.18. The Morgan fingerprint density at radius 1 is 1.22 bits per heavy atom. The molecule has 2 rings (SSSR count). The van der Waals surface area contributed by atoms with Gasteiger partial charge < -0.3 is 4.74 Å². The number of thiophene rings is 1. The van der Waals surface area contributed by atoms with Crippen LogP contribution in [0.4, 0.5) is 0 Å². The van der Waals surface area contributed by atoms with Crippen LogP contribution in [0.5, 0.6) is 0 Å². The predicted octanol–water partition coefficient (Wildman–Crippen LogP) is 4.28. The number of nitrogens with zero attached hydrogens (tertiary/aromatic N) is 2. The number of hydrogen-bond donors (Lipinski definition) is 0. The molecule has 2 aromatic rings. The lowest BCUT2D eigenvalue weighted by Crippen LogP contribution is -2.19. The molecule has 2 aromatic heterocycles. The largest absolute Gasteiger partial charge is 0.368 e. The first-order valence-corrected chi connectivity index (χ1v) is 7.03. The molecule has 0 spiro atoms. The molecule has 0 aliphatic heterocycles. The molecular weight excluding hydrogens is 268 g/mol. The van der Waals surface area contributed by atoms with Crippen molar-refractivity contribution in [2.75, 3.05) is 0 Å². The molecule has 0 aliphatic carbocycles. The van der Waals surface area contributed by atoms with Crippen LogP contribution in [0.15, 0.2) is 0 Å². The molecule has 0 amide bonds. The maximum atomic E-state index is 6.23. The summed E-state index contributed by atoms with van der Waals surface area (Å²) in [6.07, 6.45) is 0. The highest BCUT2D eigenvalue weighted by atomic mass is 35.5. The van der Waals surface area contributed by atoms with E-state index in [1.54, 1.807) is 11.3 Å². The van der Waals surface area contributed by atoms with Gasteiger partial charge in [0.05, 0.1) is 11.0 Å². The SMILES string of the molecule is Cc1sc2nc(COC(C)(C)C)nc(Cl)c2c1C. The zero-order chi connectivity index (χ0) is 13.5. The van der Waals surface area contributed by atoms with Crippen molar-refractivity contribution in [3.05, 3.63) is 21.4 Å². The number of aromatic nitrogens is 2. The number of rotatable bonds is 2. The molecule has 0 fully saturated rings. The zero-order valence-corrected chi connectivity index (χ0v) is 12.9. The van der Waals surface area contributed by atoms with E-state index in [9.17, 15) is 0 Å². The Balaban J connectivity index is 2.38. The summed E-state index contributed by atoms with van der Waals surface area (Å²) in [7, 11) is 0. The monoisotopic (exact) mass is 284 g/mol. The van der Waals surface area contributed by atoms with E-state index in [1.807, 2.05) is 20.8 Å². The van der Waals surface area contributed by atoms with E-state index < -0.39 is 0 Å². The summed E-state index contributed by atoms with van der Waals surface area (Å²) in [5.41, 5.74) is 0.967. The average Bonchev–Trinajstić information content (AvgIpc) is 2.51. The van der Waals surface area contributed by atoms with Gasteiger partial charge in [-0.1, -0.05) is 11.6 Å². The van der Waals surface area contributed by atoms with Crippen LogP contribution < -0.4 is 0 Å². The molecule has 0 aliphatic rings. The van der Waals surface area contributed by atoms with Crippen LogP contribution in [0.2, 0.25) is 5.15 Å². The highest BCUT2D eigenvalue weighted by Gasteiger charge is 2.15. The maximum Gasteiger partial charge on any atom is 0.157 e. The summed E-state index contributed by atoms with van der Waals surface area (Å²) in [4.78, 5) is 11.0. The van der Waals surface area contributed by atoms with Crippen molar-refractivity contribution in [2.24, 2.45) is 0 Å². The minimum absolute atomic E-state index is 0.202. The third kappa shape index (κ3) is 2.82. The Hall–Kier alpha value is -0.710. The van der Waals surface area contributed by atoms with Gasteiger partial charge in [-0.2, -0.15) is 0 Å². The van der Waals surface area contributed by atoms with Gasteiger partial charge in [-0.05, 0) is 40.2 Å². The normalized spacial score (nSPS) is 12.3. The number of aryl methyl sites for hydroxylation is 2. The molecule has 0 unspecified atom stereocenters. The maximum absolute atomic E-state index is 6.23. The Kier molecular flexibility index (Phi) is 3.63. The second kappa shape index (κ2) is 4.76. The second-order valence-electron chi connectivity index (χ2n) is 5.30. The van der Waals surface area contributed by atoms with Crippen molar-refractivity contribution in [3.63, 3.8) is 0 Å². The molecule has 0 aromatic carbocycles. The van der Waals surface area contributed by atoms with Gasteiger partial charge >= 0.3 is 0 Å². The van der Waals surface area contributed by atoms with E-state index in [1.165, 1.54) is 10.4 Å². The molecule has 18 heavy (non-hydrogen) atoms. The summed E-state index contributed by atoms with van der Waals surface area (Å²) < 4.78 is 5.68. The lowest BCUT2D eigenvalue weighted by molar-refractivity contribution is -0.0180. The quantitative estimate of drug-likeness (QED) is 0.772. The fourth-order valence-corrected chi connectivity index (χ4v) is 3.02. The third-order valence-electron chi connectivity index (χ3n) is 2.67. The topological polar surface area (TPSA) is 35.0 Å². The fourth-order valence-electron chi connectivity index (χ4n) is 1.59. The molecule has 0 saturated carbocycles. The van der Waals surface area contributed by atoms with Gasteiger partial charge in [0.1, 0.15) is 16.6 Å². The molecule has 0 radical (unpaired) electrons. The van der Waals surface area contributed by atoms with E-state index in [0.717, 1.165) is 10.2 Å². The standard InChI is InChI=1S/C13H17ClN2OS/c1-7-8(2)18-12-10(7)11(14)15-9(16-12)6-17-13(3,4)5/h6H2,1-5H3. The van der Waals surface area contributed by atoms with Gasteiger partial charge in [0.15, 0.2) is 5.82 Å². The highest BCUT2D eigenvalue weighted by Crippen LogP contribution is 2.33.